The van der Waals surface area contributed by atoms with Crippen LogP contribution >= 0.6 is 0 Å². The molecule has 1 aromatic heterocycles. The highest BCUT2D eigenvalue weighted by atomic mass is 16.5. The number of aryl methyl sites for hydroxylation is 2. The molecule has 1 rings (SSSR count). The zero-order valence-electron chi connectivity index (χ0n) is 9.40. The van der Waals surface area contributed by atoms with Crippen molar-refractivity contribution in [2.24, 2.45) is 5.73 Å². The summed E-state index contributed by atoms with van der Waals surface area (Å²) in [5.74, 6) is 1.64. The van der Waals surface area contributed by atoms with E-state index in [4.69, 9.17) is 20.1 Å². The summed E-state index contributed by atoms with van der Waals surface area (Å²) in [6, 6.07) is 0.999. The standard InChI is InChI=1S/C10H16N2O4/c1-7-5-9(8(2)16-7)6-15-4-3-12(14)10(11)13/h5,14H,3-4,6H2,1-2H3,(H2,11,13). The summed E-state index contributed by atoms with van der Waals surface area (Å²) in [4.78, 5) is 10.4. The molecule has 0 bridgehead atoms. The highest BCUT2D eigenvalue weighted by molar-refractivity contribution is 5.70. The first-order valence-corrected chi connectivity index (χ1v) is 4.90. The minimum absolute atomic E-state index is 0.0468. The van der Waals surface area contributed by atoms with Crippen LogP contribution in [-0.2, 0) is 11.3 Å². The fourth-order valence-electron chi connectivity index (χ4n) is 1.27. The van der Waals surface area contributed by atoms with Gasteiger partial charge in [-0.05, 0) is 19.9 Å². The zero-order chi connectivity index (χ0) is 12.1. The van der Waals surface area contributed by atoms with Gasteiger partial charge in [-0.15, -0.1) is 0 Å². The molecule has 0 saturated heterocycles. The number of primary amides is 1. The second-order valence-electron chi connectivity index (χ2n) is 3.45. The Morgan fingerprint density at radius 3 is 2.81 bits per heavy atom. The van der Waals surface area contributed by atoms with E-state index >= 15 is 0 Å². The van der Waals surface area contributed by atoms with Gasteiger partial charge in [-0.1, -0.05) is 0 Å². The molecule has 0 aliphatic heterocycles. The third-order valence-electron chi connectivity index (χ3n) is 2.10. The minimum Gasteiger partial charge on any atom is -0.466 e. The molecule has 0 unspecified atom stereocenters. The van der Waals surface area contributed by atoms with Gasteiger partial charge < -0.3 is 14.9 Å². The van der Waals surface area contributed by atoms with Crippen molar-refractivity contribution in [2.75, 3.05) is 13.2 Å². The molecule has 6 nitrogen and oxygen atoms in total. The van der Waals surface area contributed by atoms with Crippen molar-refractivity contribution in [3.05, 3.63) is 23.2 Å². The smallest absolute Gasteiger partial charge is 0.338 e. The summed E-state index contributed by atoms with van der Waals surface area (Å²) >= 11 is 0. The highest BCUT2D eigenvalue weighted by Crippen LogP contribution is 2.14. The quantitative estimate of drug-likeness (QED) is 0.450. The molecular weight excluding hydrogens is 212 g/mol. The average molecular weight is 228 g/mol. The Balaban J connectivity index is 2.26. The van der Waals surface area contributed by atoms with Gasteiger partial charge in [0.1, 0.15) is 11.5 Å². The van der Waals surface area contributed by atoms with Gasteiger partial charge in [0.05, 0.1) is 19.8 Å². The number of hydrogen-bond donors (Lipinski definition) is 2. The monoisotopic (exact) mass is 228 g/mol. The SMILES string of the molecule is Cc1cc(COCCN(O)C(N)=O)c(C)o1. The molecule has 0 saturated carbocycles. The van der Waals surface area contributed by atoms with Crippen molar-refractivity contribution in [3.8, 4) is 0 Å². The largest absolute Gasteiger partial charge is 0.466 e. The van der Waals surface area contributed by atoms with Crippen LogP contribution in [-0.4, -0.2) is 29.5 Å². The number of hydrogen-bond acceptors (Lipinski definition) is 4. The van der Waals surface area contributed by atoms with Gasteiger partial charge in [0.2, 0.25) is 0 Å². The zero-order valence-corrected chi connectivity index (χ0v) is 9.40. The first kappa shape index (κ1) is 12.5. The summed E-state index contributed by atoms with van der Waals surface area (Å²) in [5, 5.41) is 9.35. The Bertz CT molecular complexity index is 362. The molecule has 90 valence electrons. The van der Waals surface area contributed by atoms with Crippen molar-refractivity contribution in [1.82, 2.24) is 5.06 Å². The molecule has 3 N–H and O–H groups in total. The number of furan rings is 1. The first-order chi connectivity index (χ1) is 7.50. The lowest BCUT2D eigenvalue weighted by Gasteiger charge is -2.11. The molecule has 0 fully saturated rings. The van der Waals surface area contributed by atoms with Crippen molar-refractivity contribution < 1.29 is 19.2 Å². The number of amides is 2. The van der Waals surface area contributed by atoms with Crippen LogP contribution in [0.5, 0.6) is 0 Å². The van der Waals surface area contributed by atoms with E-state index in [2.05, 4.69) is 0 Å². The number of nitrogens with zero attached hydrogens (tertiary/aromatic N) is 1. The maximum absolute atomic E-state index is 10.4. The third kappa shape index (κ3) is 3.56. The first-order valence-electron chi connectivity index (χ1n) is 4.90. The van der Waals surface area contributed by atoms with Crippen LogP contribution in [0.25, 0.3) is 0 Å². The van der Waals surface area contributed by atoms with Gasteiger partial charge in [0.25, 0.3) is 0 Å². The Morgan fingerprint density at radius 2 is 2.31 bits per heavy atom. The Morgan fingerprint density at radius 1 is 1.62 bits per heavy atom. The number of ether oxygens (including phenoxy) is 1. The van der Waals surface area contributed by atoms with Crippen LogP contribution in [0.15, 0.2) is 10.5 Å². The van der Waals surface area contributed by atoms with Crippen LogP contribution in [0, 0.1) is 13.8 Å². The molecule has 1 aromatic rings. The number of carbonyl (C=O) groups excluding carboxylic acids is 1. The highest BCUT2D eigenvalue weighted by Gasteiger charge is 2.06. The van der Waals surface area contributed by atoms with Gasteiger partial charge in [-0.25, -0.2) is 9.86 Å². The van der Waals surface area contributed by atoms with Crippen molar-refractivity contribution in [3.63, 3.8) is 0 Å². The van der Waals surface area contributed by atoms with Gasteiger partial charge in [-0.2, -0.15) is 0 Å². The fourth-order valence-corrected chi connectivity index (χ4v) is 1.27. The molecule has 2 amide bonds. The number of carbonyl (C=O) groups is 1. The van der Waals surface area contributed by atoms with Gasteiger partial charge in [0, 0.05) is 5.56 Å². The molecule has 0 spiro atoms. The lowest BCUT2D eigenvalue weighted by atomic mass is 10.2. The van der Waals surface area contributed by atoms with Crippen molar-refractivity contribution in [1.29, 1.82) is 0 Å². The number of urea groups is 1. The summed E-state index contributed by atoms with van der Waals surface area (Å²) < 4.78 is 10.6. The molecule has 0 aromatic carbocycles. The van der Waals surface area contributed by atoms with Crippen LogP contribution in [0.1, 0.15) is 17.1 Å². The molecule has 16 heavy (non-hydrogen) atoms. The molecule has 0 radical (unpaired) electrons. The van der Waals surface area contributed by atoms with E-state index in [-0.39, 0.29) is 13.2 Å². The second kappa shape index (κ2) is 5.53. The van der Waals surface area contributed by atoms with Crippen molar-refractivity contribution in [2.45, 2.75) is 20.5 Å². The third-order valence-corrected chi connectivity index (χ3v) is 2.10. The molecule has 1 heterocycles. The predicted molar refractivity (Wildman–Crippen MR) is 55.9 cm³/mol. The molecule has 0 atom stereocenters. The number of nitrogens with two attached hydrogens (primary N) is 1. The van der Waals surface area contributed by atoms with E-state index in [0.717, 1.165) is 17.1 Å². The summed E-state index contributed by atoms with van der Waals surface area (Å²) in [5.41, 5.74) is 5.78. The van der Waals surface area contributed by atoms with Crippen LogP contribution < -0.4 is 5.73 Å². The lowest BCUT2D eigenvalue weighted by molar-refractivity contribution is -0.0581. The predicted octanol–water partition coefficient (Wildman–Crippen LogP) is 1.18. The van der Waals surface area contributed by atoms with Gasteiger partial charge in [-0.3, -0.25) is 5.21 Å². The van der Waals surface area contributed by atoms with Gasteiger partial charge >= 0.3 is 6.03 Å². The molecule has 0 aliphatic carbocycles. The minimum atomic E-state index is -0.890. The number of hydroxylamine groups is 2. The summed E-state index contributed by atoms with van der Waals surface area (Å²) in [6.07, 6.45) is 0. The van der Waals surface area contributed by atoms with Crippen LogP contribution in [0.2, 0.25) is 0 Å². The maximum Gasteiger partial charge on any atom is 0.338 e. The van der Waals surface area contributed by atoms with E-state index in [9.17, 15) is 4.79 Å². The van der Waals surface area contributed by atoms with E-state index in [1.165, 1.54) is 0 Å². The van der Waals surface area contributed by atoms with E-state index in [1.807, 2.05) is 19.9 Å². The van der Waals surface area contributed by atoms with E-state index in [1.54, 1.807) is 0 Å². The van der Waals surface area contributed by atoms with Crippen molar-refractivity contribution >= 4 is 6.03 Å². The molecular formula is C10H16N2O4. The maximum atomic E-state index is 10.4. The van der Waals surface area contributed by atoms with Crippen LogP contribution in [0.3, 0.4) is 0 Å². The Labute approximate surface area is 93.5 Å². The lowest BCUT2D eigenvalue weighted by Crippen LogP contribution is -2.35. The van der Waals surface area contributed by atoms with E-state index in [0.29, 0.717) is 11.7 Å². The summed E-state index contributed by atoms with van der Waals surface area (Å²) in [7, 11) is 0. The number of rotatable bonds is 5. The fraction of sp³-hybridized carbons (Fsp3) is 0.500. The Hall–Kier alpha value is -1.53. The summed E-state index contributed by atoms with van der Waals surface area (Å²) in [6.45, 7) is 4.36. The Kier molecular flexibility index (Phi) is 4.33. The molecule has 0 aliphatic rings. The van der Waals surface area contributed by atoms with E-state index < -0.39 is 6.03 Å². The normalized spacial score (nSPS) is 10.4. The average Bonchev–Trinajstić information content (AvgIpc) is 2.51. The topological polar surface area (TPSA) is 88.9 Å². The van der Waals surface area contributed by atoms with Crippen LogP contribution in [0.4, 0.5) is 4.79 Å². The van der Waals surface area contributed by atoms with Gasteiger partial charge in [0.15, 0.2) is 0 Å². The second-order valence-corrected chi connectivity index (χ2v) is 3.45. The molecule has 6 heteroatoms.